The normalized spacial score (nSPS) is 10.5. The first-order chi connectivity index (χ1) is 8.13. The van der Waals surface area contributed by atoms with Gasteiger partial charge in [0.1, 0.15) is 6.67 Å². The molecular formula is C12H12FN3O. The fourth-order valence-electron chi connectivity index (χ4n) is 1.62. The molecule has 0 atom stereocenters. The summed E-state index contributed by atoms with van der Waals surface area (Å²) in [5.74, 6) is -0.670. The number of rotatable bonds is 3. The van der Waals surface area contributed by atoms with Crippen molar-refractivity contribution in [1.29, 1.82) is 0 Å². The molecule has 88 valence electrons. The van der Waals surface area contributed by atoms with Crippen molar-refractivity contribution in [1.82, 2.24) is 9.78 Å². The zero-order valence-corrected chi connectivity index (χ0v) is 9.35. The highest BCUT2D eigenvalue weighted by molar-refractivity contribution is 5.93. The van der Waals surface area contributed by atoms with Crippen LogP contribution in [0.15, 0.2) is 30.5 Å². The van der Waals surface area contributed by atoms with Crippen molar-refractivity contribution in [2.75, 3.05) is 0 Å². The number of benzene rings is 1. The molecule has 0 radical (unpaired) electrons. The van der Waals surface area contributed by atoms with Gasteiger partial charge in [-0.3, -0.25) is 4.79 Å². The molecule has 5 heteroatoms. The van der Waals surface area contributed by atoms with Gasteiger partial charge in [-0.25, -0.2) is 9.07 Å². The monoisotopic (exact) mass is 233 g/mol. The zero-order valence-electron chi connectivity index (χ0n) is 9.35. The van der Waals surface area contributed by atoms with Crippen LogP contribution in [0.4, 0.5) is 4.39 Å². The van der Waals surface area contributed by atoms with Gasteiger partial charge in [0.15, 0.2) is 0 Å². The first-order valence-corrected chi connectivity index (χ1v) is 5.13. The molecule has 1 aromatic carbocycles. The number of carbonyl (C=O) groups excluding carboxylic acids is 1. The third kappa shape index (κ3) is 2.04. The second-order valence-electron chi connectivity index (χ2n) is 3.75. The predicted molar refractivity (Wildman–Crippen MR) is 61.6 cm³/mol. The molecule has 2 aromatic rings. The summed E-state index contributed by atoms with van der Waals surface area (Å²) in [5.41, 5.74) is 7.25. The van der Waals surface area contributed by atoms with E-state index in [1.54, 1.807) is 0 Å². The van der Waals surface area contributed by atoms with Crippen LogP contribution in [0.1, 0.15) is 21.6 Å². The van der Waals surface area contributed by atoms with E-state index in [-0.39, 0.29) is 11.3 Å². The molecule has 2 rings (SSSR count). The Hall–Kier alpha value is -2.17. The molecule has 0 fully saturated rings. The minimum Gasteiger partial charge on any atom is -0.365 e. The molecule has 0 unspecified atom stereocenters. The van der Waals surface area contributed by atoms with E-state index in [4.69, 9.17) is 5.73 Å². The van der Waals surface area contributed by atoms with E-state index >= 15 is 0 Å². The maximum atomic E-state index is 12.9. The lowest BCUT2D eigenvalue weighted by Crippen LogP contribution is -2.13. The van der Waals surface area contributed by atoms with Crippen LogP contribution in [-0.4, -0.2) is 15.7 Å². The molecule has 0 saturated carbocycles. The van der Waals surface area contributed by atoms with E-state index in [1.807, 2.05) is 31.2 Å². The van der Waals surface area contributed by atoms with Crippen LogP contribution in [0.5, 0.6) is 0 Å². The largest absolute Gasteiger partial charge is 0.365 e. The highest BCUT2D eigenvalue weighted by Gasteiger charge is 2.15. The number of hydrogen-bond donors (Lipinski definition) is 1. The van der Waals surface area contributed by atoms with Crippen LogP contribution in [0, 0.1) is 6.92 Å². The summed E-state index contributed by atoms with van der Waals surface area (Å²) in [6, 6.07) is 7.41. The molecule has 1 aromatic heterocycles. The van der Waals surface area contributed by atoms with Gasteiger partial charge in [0, 0.05) is 0 Å². The van der Waals surface area contributed by atoms with Gasteiger partial charge in [0.25, 0.3) is 5.91 Å². The Labute approximate surface area is 97.9 Å². The molecule has 0 spiro atoms. The molecule has 0 aliphatic rings. The van der Waals surface area contributed by atoms with Crippen LogP contribution < -0.4 is 5.73 Å². The SMILES string of the molecule is Cc1ccc(-n2ncc(C(N)=O)c2CF)cc1. The summed E-state index contributed by atoms with van der Waals surface area (Å²) in [5, 5.41) is 3.98. The van der Waals surface area contributed by atoms with Crippen molar-refractivity contribution in [3.05, 3.63) is 47.3 Å². The Morgan fingerprint density at radius 1 is 1.41 bits per heavy atom. The minimum absolute atomic E-state index is 0.119. The zero-order chi connectivity index (χ0) is 12.4. The van der Waals surface area contributed by atoms with Crippen molar-refractivity contribution in [3.63, 3.8) is 0 Å². The second-order valence-corrected chi connectivity index (χ2v) is 3.75. The van der Waals surface area contributed by atoms with Gasteiger partial charge in [0.2, 0.25) is 0 Å². The van der Waals surface area contributed by atoms with Gasteiger partial charge >= 0.3 is 0 Å². The van der Waals surface area contributed by atoms with Crippen LogP contribution >= 0.6 is 0 Å². The molecule has 0 saturated heterocycles. The number of aromatic nitrogens is 2. The van der Waals surface area contributed by atoms with E-state index < -0.39 is 12.6 Å². The van der Waals surface area contributed by atoms with Gasteiger partial charge < -0.3 is 5.73 Å². The number of amides is 1. The first kappa shape index (κ1) is 11.3. The molecular weight excluding hydrogens is 221 g/mol. The molecule has 1 amide bonds. The summed E-state index contributed by atoms with van der Waals surface area (Å²) < 4.78 is 14.3. The second kappa shape index (κ2) is 4.37. The maximum absolute atomic E-state index is 12.9. The average Bonchev–Trinajstić information content (AvgIpc) is 2.73. The topological polar surface area (TPSA) is 60.9 Å². The van der Waals surface area contributed by atoms with Crippen LogP contribution in [0.25, 0.3) is 5.69 Å². The van der Waals surface area contributed by atoms with Crippen LogP contribution in [0.3, 0.4) is 0 Å². The average molecular weight is 233 g/mol. The minimum atomic E-state index is -0.786. The molecule has 4 nitrogen and oxygen atoms in total. The van der Waals surface area contributed by atoms with Crippen molar-refractivity contribution < 1.29 is 9.18 Å². The first-order valence-electron chi connectivity index (χ1n) is 5.13. The Balaban J connectivity index is 2.52. The summed E-state index contributed by atoms with van der Waals surface area (Å²) in [7, 11) is 0. The Morgan fingerprint density at radius 3 is 2.59 bits per heavy atom. The quantitative estimate of drug-likeness (QED) is 0.877. The molecule has 17 heavy (non-hydrogen) atoms. The van der Waals surface area contributed by atoms with E-state index in [9.17, 15) is 9.18 Å². The van der Waals surface area contributed by atoms with Gasteiger partial charge in [0.05, 0.1) is 23.1 Å². The van der Waals surface area contributed by atoms with E-state index in [0.29, 0.717) is 5.69 Å². The van der Waals surface area contributed by atoms with Gasteiger partial charge in [-0.15, -0.1) is 0 Å². The van der Waals surface area contributed by atoms with Crippen LogP contribution in [-0.2, 0) is 6.67 Å². The van der Waals surface area contributed by atoms with E-state index in [1.165, 1.54) is 10.9 Å². The lowest BCUT2D eigenvalue weighted by Gasteiger charge is -2.05. The van der Waals surface area contributed by atoms with E-state index in [0.717, 1.165) is 5.56 Å². The Bertz CT molecular complexity index is 545. The number of halogens is 1. The fraction of sp³-hybridized carbons (Fsp3) is 0.167. The summed E-state index contributed by atoms with van der Waals surface area (Å²) in [4.78, 5) is 11.1. The summed E-state index contributed by atoms with van der Waals surface area (Å²) >= 11 is 0. The lowest BCUT2D eigenvalue weighted by molar-refractivity contribution is 0.0998. The van der Waals surface area contributed by atoms with Crippen LogP contribution in [0.2, 0.25) is 0 Å². The van der Waals surface area contributed by atoms with E-state index in [2.05, 4.69) is 5.10 Å². The number of nitrogens with two attached hydrogens (primary N) is 1. The Morgan fingerprint density at radius 2 is 2.06 bits per heavy atom. The number of primary amides is 1. The van der Waals surface area contributed by atoms with Crippen molar-refractivity contribution in [2.24, 2.45) is 5.73 Å². The number of aryl methyl sites for hydroxylation is 1. The molecule has 0 aliphatic heterocycles. The number of nitrogens with zero attached hydrogens (tertiary/aromatic N) is 2. The van der Waals surface area contributed by atoms with Crippen molar-refractivity contribution >= 4 is 5.91 Å². The maximum Gasteiger partial charge on any atom is 0.252 e. The standard InChI is InChI=1S/C12H12FN3O/c1-8-2-4-9(5-3-8)16-11(6-13)10(7-15-16)12(14)17/h2-5,7H,6H2,1H3,(H2,14,17). The molecule has 1 heterocycles. The predicted octanol–water partition coefficient (Wildman–Crippen LogP) is 1.75. The molecule has 0 aliphatic carbocycles. The van der Waals surface area contributed by atoms with Crippen molar-refractivity contribution in [3.8, 4) is 5.69 Å². The highest BCUT2D eigenvalue weighted by Crippen LogP contribution is 2.16. The number of carbonyl (C=O) groups is 1. The highest BCUT2D eigenvalue weighted by atomic mass is 19.1. The third-order valence-electron chi connectivity index (χ3n) is 2.54. The number of alkyl halides is 1. The van der Waals surface area contributed by atoms with Gasteiger partial charge in [-0.05, 0) is 19.1 Å². The number of hydrogen-bond acceptors (Lipinski definition) is 2. The Kier molecular flexibility index (Phi) is 2.91. The third-order valence-corrected chi connectivity index (χ3v) is 2.54. The molecule has 0 bridgehead atoms. The fourth-order valence-corrected chi connectivity index (χ4v) is 1.62. The lowest BCUT2D eigenvalue weighted by atomic mass is 10.2. The molecule has 2 N–H and O–H groups in total. The smallest absolute Gasteiger partial charge is 0.252 e. The van der Waals surface area contributed by atoms with Gasteiger partial charge in [-0.2, -0.15) is 5.10 Å². The summed E-state index contributed by atoms with van der Waals surface area (Å²) in [6.07, 6.45) is 1.29. The van der Waals surface area contributed by atoms with Gasteiger partial charge in [-0.1, -0.05) is 17.7 Å². The van der Waals surface area contributed by atoms with Crippen molar-refractivity contribution in [2.45, 2.75) is 13.6 Å². The summed E-state index contributed by atoms with van der Waals surface area (Å²) in [6.45, 7) is 1.17.